The lowest BCUT2D eigenvalue weighted by atomic mass is 10.2. The number of carboxylic acid groups (broad SMARTS) is 1. The monoisotopic (exact) mass is 377 g/mol. The molecule has 1 fully saturated rings. The molecule has 2 aromatic rings. The maximum absolute atomic E-state index is 11.6. The first kappa shape index (κ1) is 17.2. The number of furan rings is 1. The third-order valence-electron chi connectivity index (χ3n) is 3.21. The van der Waals surface area contributed by atoms with Gasteiger partial charge in [-0.15, -0.1) is 5.10 Å². The molecule has 2 N–H and O–H groups in total. The van der Waals surface area contributed by atoms with Crippen LogP contribution in [0.3, 0.4) is 0 Å². The molecule has 1 aliphatic heterocycles. The summed E-state index contributed by atoms with van der Waals surface area (Å²) in [5.74, 6) is -0.304. The minimum Gasteiger partial charge on any atom is -0.481 e. The van der Waals surface area contributed by atoms with E-state index in [4.69, 9.17) is 21.1 Å². The fourth-order valence-electron chi connectivity index (χ4n) is 2.10. The Balaban J connectivity index is 1.65. The van der Waals surface area contributed by atoms with Gasteiger partial charge in [0.2, 0.25) is 5.91 Å². The van der Waals surface area contributed by atoms with Crippen molar-refractivity contribution in [1.82, 2.24) is 5.32 Å². The second-order valence-electron chi connectivity index (χ2n) is 5.06. The summed E-state index contributed by atoms with van der Waals surface area (Å²) in [6.07, 6.45) is 1.14. The molecular formula is C16H12ClN3O4S. The van der Waals surface area contributed by atoms with Gasteiger partial charge in [0.1, 0.15) is 16.8 Å². The summed E-state index contributed by atoms with van der Waals surface area (Å²) in [4.78, 5) is 22.2. The lowest BCUT2D eigenvalue weighted by Crippen LogP contribution is -2.26. The van der Waals surface area contributed by atoms with Crippen LogP contribution >= 0.6 is 23.4 Å². The van der Waals surface area contributed by atoms with Crippen LogP contribution in [0.25, 0.3) is 11.3 Å². The highest BCUT2D eigenvalue weighted by molar-refractivity contribution is 8.15. The van der Waals surface area contributed by atoms with E-state index >= 15 is 0 Å². The zero-order valence-corrected chi connectivity index (χ0v) is 14.3. The Bertz CT molecular complexity index is 878. The van der Waals surface area contributed by atoms with Crippen molar-refractivity contribution in [2.24, 2.45) is 10.2 Å². The lowest BCUT2D eigenvalue weighted by molar-refractivity contribution is -0.138. The van der Waals surface area contributed by atoms with E-state index in [1.807, 2.05) is 12.1 Å². The topological polar surface area (TPSA) is 104 Å². The highest BCUT2D eigenvalue weighted by Crippen LogP contribution is 2.25. The van der Waals surface area contributed by atoms with Crippen LogP contribution in [0.5, 0.6) is 0 Å². The van der Waals surface area contributed by atoms with Crippen LogP contribution in [0.4, 0.5) is 0 Å². The number of hydrogen-bond donors (Lipinski definition) is 2. The van der Waals surface area contributed by atoms with Crippen molar-refractivity contribution in [1.29, 1.82) is 0 Å². The van der Waals surface area contributed by atoms with Gasteiger partial charge in [-0.2, -0.15) is 5.10 Å². The van der Waals surface area contributed by atoms with E-state index in [0.717, 1.165) is 17.3 Å². The number of halogens is 1. The number of amides is 1. The average molecular weight is 378 g/mol. The summed E-state index contributed by atoms with van der Waals surface area (Å²) in [5, 5.41) is 19.1. The molecule has 1 aliphatic rings. The van der Waals surface area contributed by atoms with Gasteiger partial charge in [-0.1, -0.05) is 35.5 Å². The Labute approximate surface area is 151 Å². The molecule has 1 atom stereocenters. The van der Waals surface area contributed by atoms with Crippen molar-refractivity contribution in [3.8, 4) is 11.3 Å². The molecule has 7 nitrogen and oxygen atoms in total. The summed E-state index contributed by atoms with van der Waals surface area (Å²) >= 11 is 6.99. The van der Waals surface area contributed by atoms with Gasteiger partial charge in [0.05, 0.1) is 12.6 Å². The van der Waals surface area contributed by atoms with Crippen molar-refractivity contribution >= 4 is 46.6 Å². The van der Waals surface area contributed by atoms with Crippen molar-refractivity contribution in [2.75, 3.05) is 0 Å². The third-order valence-corrected chi connectivity index (χ3v) is 4.51. The molecule has 1 aromatic heterocycles. The van der Waals surface area contributed by atoms with Crippen molar-refractivity contribution < 1.29 is 19.1 Å². The van der Waals surface area contributed by atoms with Gasteiger partial charge >= 0.3 is 5.97 Å². The number of thioether (sulfide) groups is 1. The van der Waals surface area contributed by atoms with Gasteiger partial charge in [0, 0.05) is 10.6 Å². The Kier molecular flexibility index (Phi) is 5.20. The Hall–Kier alpha value is -2.58. The van der Waals surface area contributed by atoms with Gasteiger partial charge in [0.15, 0.2) is 5.17 Å². The van der Waals surface area contributed by atoms with E-state index in [1.165, 1.54) is 6.21 Å². The zero-order valence-electron chi connectivity index (χ0n) is 12.7. The van der Waals surface area contributed by atoms with Gasteiger partial charge < -0.3 is 14.8 Å². The molecule has 25 heavy (non-hydrogen) atoms. The molecule has 0 bridgehead atoms. The molecule has 3 rings (SSSR count). The minimum absolute atomic E-state index is 0.258. The van der Waals surface area contributed by atoms with E-state index in [2.05, 4.69) is 15.5 Å². The van der Waals surface area contributed by atoms with E-state index < -0.39 is 11.2 Å². The predicted molar refractivity (Wildman–Crippen MR) is 96.0 cm³/mol. The largest absolute Gasteiger partial charge is 0.481 e. The number of aliphatic carboxylic acids is 1. The number of benzene rings is 1. The van der Waals surface area contributed by atoms with Crippen molar-refractivity contribution in [2.45, 2.75) is 11.7 Å². The minimum atomic E-state index is -1.04. The quantitative estimate of drug-likeness (QED) is 0.615. The smallest absolute Gasteiger partial charge is 0.305 e. The number of hydrogen-bond acceptors (Lipinski definition) is 6. The van der Waals surface area contributed by atoms with Gasteiger partial charge in [-0.25, -0.2) is 0 Å². The number of carbonyl (C=O) groups is 2. The number of amidine groups is 1. The molecule has 1 aromatic carbocycles. The number of carbonyl (C=O) groups excluding carboxylic acids is 1. The first-order chi connectivity index (χ1) is 12.0. The highest BCUT2D eigenvalue weighted by Gasteiger charge is 2.32. The van der Waals surface area contributed by atoms with Gasteiger partial charge in [0.25, 0.3) is 0 Å². The summed E-state index contributed by atoms with van der Waals surface area (Å²) in [6, 6.07) is 10.8. The molecule has 1 saturated heterocycles. The predicted octanol–water partition coefficient (Wildman–Crippen LogP) is 3.00. The maximum Gasteiger partial charge on any atom is 0.305 e. The summed E-state index contributed by atoms with van der Waals surface area (Å²) in [5.41, 5.74) is 0.841. The SMILES string of the molecule is O=C(O)CC1S/C(=N/N=C/c2ccc(-c3cccc(Cl)c3)o2)NC1=O. The summed E-state index contributed by atoms with van der Waals surface area (Å²) in [7, 11) is 0. The first-order valence-electron chi connectivity index (χ1n) is 7.17. The number of nitrogens with one attached hydrogen (secondary N) is 1. The molecule has 0 aliphatic carbocycles. The molecule has 1 amide bonds. The number of rotatable bonds is 5. The molecule has 9 heteroatoms. The average Bonchev–Trinajstić information content (AvgIpc) is 3.15. The van der Waals surface area contributed by atoms with Gasteiger partial charge in [-0.05, 0) is 24.3 Å². The van der Waals surface area contributed by atoms with Crippen LogP contribution < -0.4 is 5.32 Å². The molecule has 0 spiro atoms. The number of carboxylic acids is 1. The Morgan fingerprint density at radius 1 is 1.40 bits per heavy atom. The third kappa shape index (κ3) is 4.49. The molecular weight excluding hydrogens is 366 g/mol. The fourth-order valence-corrected chi connectivity index (χ4v) is 3.21. The van der Waals surface area contributed by atoms with E-state index in [0.29, 0.717) is 16.5 Å². The van der Waals surface area contributed by atoms with E-state index in [1.54, 1.807) is 24.3 Å². The van der Waals surface area contributed by atoms with Crippen molar-refractivity contribution in [3.63, 3.8) is 0 Å². The van der Waals surface area contributed by atoms with Crippen LogP contribution in [-0.4, -0.2) is 33.6 Å². The maximum atomic E-state index is 11.6. The van der Waals surface area contributed by atoms with Crippen molar-refractivity contribution in [3.05, 3.63) is 47.2 Å². The van der Waals surface area contributed by atoms with Gasteiger partial charge in [-0.3, -0.25) is 9.59 Å². The molecule has 1 unspecified atom stereocenters. The van der Waals surface area contributed by atoms with E-state index in [-0.39, 0.29) is 17.5 Å². The van der Waals surface area contributed by atoms with E-state index in [9.17, 15) is 9.59 Å². The van der Waals surface area contributed by atoms with Crippen LogP contribution in [0, 0.1) is 0 Å². The fraction of sp³-hybridized carbons (Fsp3) is 0.125. The van der Waals surface area contributed by atoms with Crippen LogP contribution in [-0.2, 0) is 9.59 Å². The molecule has 0 radical (unpaired) electrons. The first-order valence-corrected chi connectivity index (χ1v) is 8.43. The molecule has 128 valence electrons. The summed E-state index contributed by atoms with van der Waals surface area (Å²) in [6.45, 7) is 0. The van der Waals surface area contributed by atoms with Crippen LogP contribution in [0.1, 0.15) is 12.2 Å². The van der Waals surface area contributed by atoms with Crippen LogP contribution in [0.15, 0.2) is 51.0 Å². The number of nitrogens with zero attached hydrogens (tertiary/aromatic N) is 2. The highest BCUT2D eigenvalue weighted by atomic mass is 35.5. The summed E-state index contributed by atoms with van der Waals surface area (Å²) < 4.78 is 5.64. The standard InChI is InChI=1S/C16H12ClN3O4S/c17-10-3-1-2-9(6-10)12-5-4-11(24-12)8-18-20-16-19-15(23)13(25-16)7-14(21)22/h1-6,8,13H,7H2,(H,21,22)(H,19,20,23)/b18-8+. The Morgan fingerprint density at radius 2 is 2.24 bits per heavy atom. The second kappa shape index (κ2) is 7.54. The normalized spacial score (nSPS) is 18.8. The molecule has 2 heterocycles. The second-order valence-corrected chi connectivity index (χ2v) is 6.68. The zero-order chi connectivity index (χ0) is 17.8. The van der Waals surface area contributed by atoms with Crippen LogP contribution in [0.2, 0.25) is 5.02 Å². The Morgan fingerprint density at radius 3 is 3.00 bits per heavy atom. The molecule has 0 saturated carbocycles. The lowest BCUT2D eigenvalue weighted by Gasteiger charge is -1.97.